The smallest absolute Gasteiger partial charge is 0.0178 e. The summed E-state index contributed by atoms with van der Waals surface area (Å²) in [5, 5.41) is 0. The predicted molar refractivity (Wildman–Crippen MR) is 71.2 cm³/mol. The number of rotatable bonds is 2. The van der Waals surface area contributed by atoms with Crippen LogP contribution in [0, 0.1) is 0 Å². The number of hydrogen-bond donors (Lipinski definition) is 0. The zero-order valence-corrected chi connectivity index (χ0v) is 9.77. The van der Waals surface area contributed by atoms with Gasteiger partial charge in [0, 0.05) is 0 Å². The summed E-state index contributed by atoms with van der Waals surface area (Å²) in [7, 11) is 0. The van der Waals surface area contributed by atoms with Crippen molar-refractivity contribution in [1.82, 2.24) is 0 Å². The van der Waals surface area contributed by atoms with Crippen LogP contribution < -0.4 is 0 Å². The van der Waals surface area contributed by atoms with Gasteiger partial charge in [-0.25, -0.2) is 0 Å². The van der Waals surface area contributed by atoms with E-state index < -0.39 is 0 Å². The Morgan fingerprint density at radius 3 is 2.25 bits per heavy atom. The zero-order chi connectivity index (χ0) is 11.4. The van der Waals surface area contributed by atoms with E-state index in [1.807, 2.05) is 6.07 Å². The van der Waals surface area contributed by atoms with Crippen molar-refractivity contribution in [3.8, 4) is 11.1 Å². The molecule has 0 atom stereocenters. The first-order valence-electron chi connectivity index (χ1n) is 5.60. The summed E-state index contributed by atoms with van der Waals surface area (Å²) in [6.07, 6.45) is 2.14. The molecule has 0 aliphatic rings. The summed E-state index contributed by atoms with van der Waals surface area (Å²) >= 11 is 0. The fourth-order valence-corrected chi connectivity index (χ4v) is 1.74. The first-order valence-corrected chi connectivity index (χ1v) is 5.60. The van der Waals surface area contributed by atoms with Crippen LogP contribution in [0.4, 0.5) is 0 Å². The molecular formula is C16H16. The van der Waals surface area contributed by atoms with Crippen LogP contribution in [0.15, 0.2) is 60.7 Å². The molecule has 16 heavy (non-hydrogen) atoms. The minimum atomic E-state index is 1.27. The molecule has 2 aromatic carbocycles. The average molecular weight is 208 g/mol. The predicted octanol–water partition coefficient (Wildman–Crippen LogP) is 4.78. The molecule has 0 spiro atoms. The van der Waals surface area contributed by atoms with Crippen LogP contribution in [0.25, 0.3) is 16.7 Å². The number of allylic oxidation sites excluding steroid dienone is 2. The van der Waals surface area contributed by atoms with Gasteiger partial charge in [-0.2, -0.15) is 0 Å². The topological polar surface area (TPSA) is 0 Å². The molecule has 0 saturated heterocycles. The Bertz CT molecular complexity index is 492. The lowest BCUT2D eigenvalue weighted by molar-refractivity contribution is 1.53. The Balaban J connectivity index is 2.44. The SMILES string of the molecule is C/C=C(\C)c1cccc(-c2ccccc2)c1. The summed E-state index contributed by atoms with van der Waals surface area (Å²) < 4.78 is 0. The first-order chi connectivity index (χ1) is 7.81. The molecule has 0 unspecified atom stereocenters. The van der Waals surface area contributed by atoms with Gasteiger partial charge in [0.2, 0.25) is 0 Å². The molecule has 2 rings (SSSR count). The van der Waals surface area contributed by atoms with Gasteiger partial charge < -0.3 is 0 Å². The van der Waals surface area contributed by atoms with Crippen LogP contribution in [0.2, 0.25) is 0 Å². The summed E-state index contributed by atoms with van der Waals surface area (Å²) in [5.41, 5.74) is 5.16. The molecule has 80 valence electrons. The van der Waals surface area contributed by atoms with Gasteiger partial charge in [0.25, 0.3) is 0 Å². The minimum absolute atomic E-state index is 1.27. The van der Waals surface area contributed by atoms with Gasteiger partial charge in [0.15, 0.2) is 0 Å². The van der Waals surface area contributed by atoms with E-state index in [-0.39, 0.29) is 0 Å². The molecule has 0 radical (unpaired) electrons. The van der Waals surface area contributed by atoms with Crippen molar-refractivity contribution in [3.63, 3.8) is 0 Å². The highest BCUT2D eigenvalue weighted by Crippen LogP contribution is 2.23. The largest absolute Gasteiger partial charge is 0.0841 e. The van der Waals surface area contributed by atoms with Crippen LogP contribution in [0.5, 0.6) is 0 Å². The molecule has 0 aromatic heterocycles. The highest BCUT2D eigenvalue weighted by molar-refractivity contribution is 5.71. The summed E-state index contributed by atoms with van der Waals surface area (Å²) in [4.78, 5) is 0. The monoisotopic (exact) mass is 208 g/mol. The molecule has 0 heteroatoms. The molecule has 0 bridgehead atoms. The van der Waals surface area contributed by atoms with Crippen molar-refractivity contribution < 1.29 is 0 Å². The van der Waals surface area contributed by atoms with E-state index >= 15 is 0 Å². The van der Waals surface area contributed by atoms with E-state index in [0.717, 1.165) is 0 Å². The van der Waals surface area contributed by atoms with E-state index in [0.29, 0.717) is 0 Å². The van der Waals surface area contributed by atoms with E-state index in [1.165, 1.54) is 22.3 Å². The van der Waals surface area contributed by atoms with Crippen LogP contribution in [-0.4, -0.2) is 0 Å². The molecule has 0 aliphatic carbocycles. The first kappa shape index (κ1) is 10.7. The van der Waals surface area contributed by atoms with E-state index in [9.17, 15) is 0 Å². The molecule has 0 N–H and O–H groups in total. The Morgan fingerprint density at radius 2 is 1.56 bits per heavy atom. The molecule has 0 saturated carbocycles. The maximum Gasteiger partial charge on any atom is -0.0178 e. The van der Waals surface area contributed by atoms with Crippen LogP contribution >= 0.6 is 0 Å². The number of benzene rings is 2. The summed E-state index contributed by atoms with van der Waals surface area (Å²) in [5.74, 6) is 0. The van der Waals surface area contributed by atoms with Gasteiger partial charge in [-0.3, -0.25) is 0 Å². The van der Waals surface area contributed by atoms with Crippen molar-refractivity contribution in [3.05, 3.63) is 66.2 Å². The second-order valence-corrected chi connectivity index (χ2v) is 3.92. The standard InChI is InChI=1S/C16H16/c1-3-13(2)15-10-7-11-16(12-15)14-8-5-4-6-9-14/h3-12H,1-2H3/b13-3+. The highest BCUT2D eigenvalue weighted by Gasteiger charge is 1.99. The molecule has 2 aromatic rings. The van der Waals surface area contributed by atoms with Gasteiger partial charge in [-0.15, -0.1) is 0 Å². The molecular weight excluding hydrogens is 192 g/mol. The van der Waals surface area contributed by atoms with Gasteiger partial charge >= 0.3 is 0 Å². The quantitative estimate of drug-likeness (QED) is 0.666. The maximum atomic E-state index is 2.24. The van der Waals surface area contributed by atoms with Gasteiger partial charge in [0.1, 0.15) is 0 Å². The fraction of sp³-hybridized carbons (Fsp3) is 0.125. The van der Waals surface area contributed by atoms with Gasteiger partial charge in [0.05, 0.1) is 0 Å². The van der Waals surface area contributed by atoms with Gasteiger partial charge in [-0.1, -0.05) is 54.6 Å². The van der Waals surface area contributed by atoms with Crippen molar-refractivity contribution in [1.29, 1.82) is 0 Å². The van der Waals surface area contributed by atoms with Crippen LogP contribution in [0.1, 0.15) is 19.4 Å². The van der Waals surface area contributed by atoms with Crippen molar-refractivity contribution in [2.24, 2.45) is 0 Å². The normalized spacial score (nSPS) is 11.5. The van der Waals surface area contributed by atoms with E-state index in [1.54, 1.807) is 0 Å². The average Bonchev–Trinajstić information content (AvgIpc) is 2.39. The Labute approximate surface area is 97.3 Å². The lowest BCUT2D eigenvalue weighted by atomic mass is 10.00. The van der Waals surface area contributed by atoms with Crippen molar-refractivity contribution in [2.45, 2.75) is 13.8 Å². The van der Waals surface area contributed by atoms with Crippen molar-refractivity contribution in [2.75, 3.05) is 0 Å². The third kappa shape index (κ3) is 2.22. The van der Waals surface area contributed by atoms with Crippen LogP contribution in [-0.2, 0) is 0 Å². The highest BCUT2D eigenvalue weighted by atomic mass is 14.0. The molecule has 0 aliphatic heterocycles. The molecule has 0 nitrogen and oxygen atoms in total. The molecule has 0 heterocycles. The van der Waals surface area contributed by atoms with Crippen LogP contribution in [0.3, 0.4) is 0 Å². The van der Waals surface area contributed by atoms with Crippen molar-refractivity contribution >= 4 is 5.57 Å². The maximum absolute atomic E-state index is 2.24. The zero-order valence-electron chi connectivity index (χ0n) is 9.77. The Morgan fingerprint density at radius 1 is 0.875 bits per heavy atom. The van der Waals surface area contributed by atoms with E-state index in [4.69, 9.17) is 0 Å². The fourth-order valence-electron chi connectivity index (χ4n) is 1.74. The minimum Gasteiger partial charge on any atom is -0.0841 e. The van der Waals surface area contributed by atoms with Gasteiger partial charge in [-0.05, 0) is 42.2 Å². The number of hydrogen-bond acceptors (Lipinski definition) is 0. The summed E-state index contributed by atoms with van der Waals surface area (Å²) in [6, 6.07) is 19.1. The second kappa shape index (κ2) is 4.80. The van der Waals surface area contributed by atoms with E-state index in [2.05, 4.69) is 68.5 Å². The third-order valence-electron chi connectivity index (χ3n) is 2.86. The Hall–Kier alpha value is -1.82. The lowest BCUT2D eigenvalue weighted by Gasteiger charge is -2.05. The lowest BCUT2D eigenvalue weighted by Crippen LogP contribution is -1.82. The molecule has 0 fully saturated rings. The Kier molecular flexibility index (Phi) is 3.21. The molecule has 0 amide bonds. The summed E-state index contributed by atoms with van der Waals surface area (Å²) in [6.45, 7) is 4.22. The second-order valence-electron chi connectivity index (χ2n) is 3.92. The third-order valence-corrected chi connectivity index (χ3v) is 2.86.